The van der Waals surface area contributed by atoms with Crippen LogP contribution >= 0.6 is 24.0 Å². The lowest BCUT2D eigenvalue weighted by atomic mass is 10.0. The monoisotopic (exact) mass is 468 g/mol. The third-order valence-corrected chi connectivity index (χ3v) is 5.05. The van der Waals surface area contributed by atoms with Crippen LogP contribution in [0.25, 0.3) is 0 Å². The van der Waals surface area contributed by atoms with E-state index in [0.717, 1.165) is 58.4 Å². The summed E-state index contributed by atoms with van der Waals surface area (Å²) in [6.07, 6.45) is 6.68. The Morgan fingerprint density at radius 3 is 2.52 bits per heavy atom. The zero-order valence-corrected chi connectivity index (χ0v) is 18.5. The van der Waals surface area contributed by atoms with Crippen molar-refractivity contribution in [2.75, 3.05) is 53.0 Å². The van der Waals surface area contributed by atoms with Gasteiger partial charge < -0.3 is 20.1 Å². The normalized spacial score (nSPS) is 20.4. The molecule has 1 saturated heterocycles. The second kappa shape index (κ2) is 12.3. The van der Waals surface area contributed by atoms with Crippen LogP contribution in [0.15, 0.2) is 4.99 Å². The average molecular weight is 468 g/mol. The van der Waals surface area contributed by atoms with Gasteiger partial charge in [0.1, 0.15) is 0 Å². The molecule has 0 amide bonds. The van der Waals surface area contributed by atoms with Gasteiger partial charge in [-0.25, -0.2) is 0 Å². The summed E-state index contributed by atoms with van der Waals surface area (Å²) in [6, 6.07) is 0. The Kier molecular flexibility index (Phi) is 11.3. The van der Waals surface area contributed by atoms with Crippen LogP contribution < -0.4 is 10.6 Å². The maximum Gasteiger partial charge on any atom is 0.191 e. The molecule has 1 aliphatic heterocycles. The molecule has 0 aromatic heterocycles. The molecule has 0 bridgehead atoms. The minimum atomic E-state index is 0. The van der Waals surface area contributed by atoms with Gasteiger partial charge in [0.15, 0.2) is 5.96 Å². The van der Waals surface area contributed by atoms with Crippen LogP contribution in [-0.2, 0) is 9.47 Å². The predicted octanol–water partition coefficient (Wildman–Crippen LogP) is 2.23. The summed E-state index contributed by atoms with van der Waals surface area (Å²) in [4.78, 5) is 6.80. The van der Waals surface area contributed by atoms with Gasteiger partial charge >= 0.3 is 0 Å². The molecule has 1 aliphatic carbocycles. The summed E-state index contributed by atoms with van der Waals surface area (Å²) in [7, 11) is 1.83. The molecule has 148 valence electrons. The number of morpholine rings is 1. The minimum absolute atomic E-state index is 0. The third-order valence-electron chi connectivity index (χ3n) is 5.05. The van der Waals surface area contributed by atoms with Crippen LogP contribution in [-0.4, -0.2) is 75.5 Å². The Morgan fingerprint density at radius 2 is 1.88 bits per heavy atom. The first-order valence-corrected chi connectivity index (χ1v) is 9.51. The van der Waals surface area contributed by atoms with Crippen molar-refractivity contribution < 1.29 is 9.47 Å². The first kappa shape index (κ1) is 22.9. The highest BCUT2D eigenvalue weighted by Crippen LogP contribution is 2.20. The molecule has 0 aromatic rings. The summed E-state index contributed by atoms with van der Waals surface area (Å²) < 4.78 is 11.3. The highest BCUT2D eigenvalue weighted by atomic mass is 127. The van der Waals surface area contributed by atoms with Crippen LogP contribution in [0.1, 0.15) is 46.0 Å². The number of aliphatic imine (C=N–C) groups is 1. The van der Waals surface area contributed by atoms with Crippen molar-refractivity contribution in [2.45, 2.75) is 57.6 Å². The lowest BCUT2D eigenvalue weighted by Crippen LogP contribution is -2.56. The highest BCUT2D eigenvalue weighted by Gasteiger charge is 2.28. The summed E-state index contributed by atoms with van der Waals surface area (Å²) in [5.41, 5.74) is 0.0903. The van der Waals surface area contributed by atoms with Gasteiger partial charge in [-0.1, -0.05) is 12.8 Å². The second-order valence-electron chi connectivity index (χ2n) is 7.40. The molecule has 0 atom stereocenters. The van der Waals surface area contributed by atoms with Crippen molar-refractivity contribution in [1.82, 2.24) is 15.5 Å². The molecule has 0 radical (unpaired) electrons. The van der Waals surface area contributed by atoms with Crippen LogP contribution in [0, 0.1) is 0 Å². The molecule has 7 heteroatoms. The fourth-order valence-electron chi connectivity index (χ4n) is 3.39. The van der Waals surface area contributed by atoms with E-state index in [1.807, 2.05) is 7.05 Å². The van der Waals surface area contributed by atoms with Crippen LogP contribution in [0.5, 0.6) is 0 Å². The zero-order chi connectivity index (χ0) is 17.3. The van der Waals surface area contributed by atoms with Gasteiger partial charge in [0, 0.05) is 45.4 Å². The molecule has 0 unspecified atom stereocenters. The van der Waals surface area contributed by atoms with E-state index in [1.54, 1.807) is 0 Å². The van der Waals surface area contributed by atoms with Gasteiger partial charge in [0.2, 0.25) is 0 Å². The van der Waals surface area contributed by atoms with Gasteiger partial charge in [-0.2, -0.15) is 0 Å². The van der Waals surface area contributed by atoms with Crippen molar-refractivity contribution in [1.29, 1.82) is 0 Å². The average Bonchev–Trinajstić information content (AvgIpc) is 3.11. The van der Waals surface area contributed by atoms with Crippen molar-refractivity contribution in [2.24, 2.45) is 4.99 Å². The molecule has 0 aromatic carbocycles. The summed E-state index contributed by atoms with van der Waals surface area (Å²) in [6.45, 7) is 10.8. The topological polar surface area (TPSA) is 58.1 Å². The van der Waals surface area contributed by atoms with Gasteiger partial charge in [0.05, 0.1) is 19.3 Å². The Bertz CT molecular complexity index is 381. The zero-order valence-electron chi connectivity index (χ0n) is 16.2. The van der Waals surface area contributed by atoms with E-state index in [9.17, 15) is 0 Å². The van der Waals surface area contributed by atoms with E-state index in [2.05, 4.69) is 34.4 Å². The molecule has 1 saturated carbocycles. The molecular weight excluding hydrogens is 431 g/mol. The number of rotatable bonds is 8. The molecule has 2 N–H and O–H groups in total. The molecule has 0 spiro atoms. The lowest BCUT2D eigenvalue weighted by Gasteiger charge is -2.41. The van der Waals surface area contributed by atoms with Crippen molar-refractivity contribution in [3.63, 3.8) is 0 Å². The van der Waals surface area contributed by atoms with Crippen LogP contribution in [0.4, 0.5) is 0 Å². The maximum atomic E-state index is 5.89. The Morgan fingerprint density at radius 1 is 1.20 bits per heavy atom. The molecule has 2 fully saturated rings. The first-order chi connectivity index (χ1) is 11.6. The minimum Gasteiger partial charge on any atom is -0.379 e. The van der Waals surface area contributed by atoms with Gasteiger partial charge in [-0.05, 0) is 33.1 Å². The fourth-order valence-corrected chi connectivity index (χ4v) is 3.39. The Balaban J connectivity index is 0.00000312. The molecule has 1 heterocycles. The van der Waals surface area contributed by atoms with E-state index < -0.39 is 0 Å². The van der Waals surface area contributed by atoms with E-state index in [-0.39, 0.29) is 29.5 Å². The van der Waals surface area contributed by atoms with E-state index in [0.29, 0.717) is 6.10 Å². The standard InChI is InChI=1S/C18H36N4O2.HI/c1-18(2,22-10-13-23-14-11-22)15-21-17(19-3)20-9-6-12-24-16-7-4-5-8-16;/h16H,4-15H2,1-3H3,(H2,19,20,21);1H. The molecule has 6 nitrogen and oxygen atoms in total. The van der Waals surface area contributed by atoms with Crippen LogP contribution in [0.2, 0.25) is 0 Å². The highest BCUT2D eigenvalue weighted by molar-refractivity contribution is 14.0. The van der Waals surface area contributed by atoms with Gasteiger partial charge in [-0.3, -0.25) is 9.89 Å². The van der Waals surface area contributed by atoms with Crippen molar-refractivity contribution in [3.05, 3.63) is 0 Å². The number of guanidine groups is 1. The summed E-state index contributed by atoms with van der Waals surface area (Å²) in [5.74, 6) is 0.872. The van der Waals surface area contributed by atoms with E-state index in [1.165, 1.54) is 25.7 Å². The van der Waals surface area contributed by atoms with Crippen molar-refractivity contribution in [3.8, 4) is 0 Å². The lowest BCUT2D eigenvalue weighted by molar-refractivity contribution is -0.00834. The predicted molar refractivity (Wildman–Crippen MR) is 114 cm³/mol. The van der Waals surface area contributed by atoms with Gasteiger partial charge in [-0.15, -0.1) is 24.0 Å². The molecule has 25 heavy (non-hydrogen) atoms. The number of halogens is 1. The molecular formula is C18H37IN4O2. The number of nitrogens with one attached hydrogen (secondary N) is 2. The number of nitrogens with zero attached hydrogens (tertiary/aromatic N) is 2. The number of hydrogen-bond donors (Lipinski definition) is 2. The first-order valence-electron chi connectivity index (χ1n) is 9.51. The summed E-state index contributed by atoms with van der Waals surface area (Å²) >= 11 is 0. The van der Waals surface area contributed by atoms with E-state index >= 15 is 0 Å². The fraction of sp³-hybridized carbons (Fsp3) is 0.944. The SMILES string of the molecule is CN=C(NCCCOC1CCCC1)NCC(C)(C)N1CCOCC1.I. The van der Waals surface area contributed by atoms with Crippen LogP contribution in [0.3, 0.4) is 0 Å². The maximum absolute atomic E-state index is 5.89. The Labute approximate surface area is 170 Å². The molecule has 2 rings (SSSR count). The van der Waals surface area contributed by atoms with E-state index in [4.69, 9.17) is 9.47 Å². The third kappa shape index (κ3) is 8.41. The Hall–Kier alpha value is -0.120. The second-order valence-corrected chi connectivity index (χ2v) is 7.40. The largest absolute Gasteiger partial charge is 0.379 e. The molecule has 2 aliphatic rings. The summed E-state index contributed by atoms with van der Waals surface area (Å²) in [5, 5.41) is 6.84. The number of ether oxygens (including phenoxy) is 2. The van der Waals surface area contributed by atoms with Gasteiger partial charge in [0.25, 0.3) is 0 Å². The quantitative estimate of drug-likeness (QED) is 0.248. The number of hydrogen-bond acceptors (Lipinski definition) is 4. The van der Waals surface area contributed by atoms with Crippen molar-refractivity contribution >= 4 is 29.9 Å². The smallest absolute Gasteiger partial charge is 0.191 e.